The third kappa shape index (κ3) is 1.55. The normalized spacial score (nSPS) is 15.4. The van der Waals surface area contributed by atoms with Gasteiger partial charge in [0.15, 0.2) is 0 Å². The van der Waals surface area contributed by atoms with Gasteiger partial charge in [-0.05, 0) is 0 Å². The lowest BCUT2D eigenvalue weighted by atomic mass is 10.3. The predicted octanol–water partition coefficient (Wildman–Crippen LogP) is 0.0404. The Morgan fingerprint density at radius 3 is 3.38 bits per heavy atom. The number of carboxylic acid groups (broad SMARTS) is 1. The van der Waals surface area contributed by atoms with E-state index in [4.69, 9.17) is 9.84 Å². The topological polar surface area (TPSA) is 64.3 Å². The van der Waals surface area contributed by atoms with Gasteiger partial charge in [0.1, 0.15) is 12.4 Å². The van der Waals surface area contributed by atoms with Crippen molar-refractivity contribution in [3.8, 4) is 0 Å². The maximum absolute atomic E-state index is 10.5. The van der Waals surface area contributed by atoms with Crippen LogP contribution in [-0.4, -0.2) is 27.2 Å². The van der Waals surface area contributed by atoms with Crippen LogP contribution >= 0.6 is 0 Å². The van der Waals surface area contributed by atoms with E-state index in [-0.39, 0.29) is 6.42 Å². The number of hydrogen-bond acceptors (Lipinski definition) is 3. The second kappa shape index (κ2) is 3.18. The lowest BCUT2D eigenvalue weighted by Gasteiger charge is -2.16. The smallest absolute Gasteiger partial charge is 0.309 e. The Hall–Kier alpha value is -1.36. The lowest BCUT2D eigenvalue weighted by molar-refractivity contribution is -0.136. The number of carbonyl (C=O) groups is 1. The van der Waals surface area contributed by atoms with Crippen LogP contribution in [0.2, 0.25) is 0 Å². The maximum Gasteiger partial charge on any atom is 0.309 e. The van der Waals surface area contributed by atoms with Gasteiger partial charge in [-0.25, -0.2) is 4.98 Å². The molecule has 0 unspecified atom stereocenters. The molecule has 0 fully saturated rings. The molecule has 2 heterocycles. The van der Waals surface area contributed by atoms with E-state index < -0.39 is 5.97 Å². The summed E-state index contributed by atoms with van der Waals surface area (Å²) in [5, 5.41) is 8.61. The molecule has 1 N–H and O–H groups in total. The molecular weight excluding hydrogens is 172 g/mol. The quantitative estimate of drug-likeness (QED) is 0.701. The van der Waals surface area contributed by atoms with Crippen molar-refractivity contribution in [2.24, 2.45) is 0 Å². The molecule has 0 amide bonds. The Morgan fingerprint density at radius 1 is 1.77 bits per heavy atom. The third-order valence-electron chi connectivity index (χ3n) is 2.04. The molecule has 0 radical (unpaired) electrons. The van der Waals surface area contributed by atoms with Crippen molar-refractivity contribution in [1.82, 2.24) is 9.55 Å². The summed E-state index contributed by atoms with van der Waals surface area (Å²) >= 11 is 0. The van der Waals surface area contributed by atoms with Crippen LogP contribution < -0.4 is 0 Å². The number of ether oxygens (including phenoxy) is 1. The fraction of sp³-hybridized carbons (Fsp3) is 0.500. The Labute approximate surface area is 75.0 Å². The molecule has 5 nitrogen and oxygen atoms in total. The van der Waals surface area contributed by atoms with Crippen LogP contribution in [0.1, 0.15) is 11.5 Å². The zero-order valence-electron chi connectivity index (χ0n) is 7.06. The highest BCUT2D eigenvalue weighted by Gasteiger charge is 2.15. The molecule has 1 aliphatic heterocycles. The molecule has 0 atom stereocenters. The molecule has 0 aromatic carbocycles. The van der Waals surface area contributed by atoms with Gasteiger partial charge in [0.25, 0.3) is 0 Å². The highest BCUT2D eigenvalue weighted by molar-refractivity contribution is 5.69. The highest BCUT2D eigenvalue weighted by Crippen LogP contribution is 2.11. The number of imidazole rings is 1. The van der Waals surface area contributed by atoms with Gasteiger partial charge < -0.3 is 14.4 Å². The summed E-state index contributed by atoms with van der Waals surface area (Å²) in [6, 6.07) is 0. The van der Waals surface area contributed by atoms with Gasteiger partial charge in [-0.15, -0.1) is 0 Å². The number of fused-ring (bicyclic) bond motifs is 1. The van der Waals surface area contributed by atoms with E-state index in [0.717, 1.165) is 11.5 Å². The van der Waals surface area contributed by atoms with E-state index in [0.29, 0.717) is 19.8 Å². The van der Waals surface area contributed by atoms with Crippen molar-refractivity contribution in [2.75, 3.05) is 6.61 Å². The van der Waals surface area contributed by atoms with Crippen LogP contribution in [-0.2, 0) is 29.1 Å². The summed E-state index contributed by atoms with van der Waals surface area (Å²) in [6.07, 6.45) is 1.64. The van der Waals surface area contributed by atoms with Crippen LogP contribution in [0.4, 0.5) is 0 Å². The van der Waals surface area contributed by atoms with Crippen LogP contribution in [0.25, 0.3) is 0 Å². The molecule has 1 aromatic heterocycles. The summed E-state index contributed by atoms with van der Waals surface area (Å²) in [5.41, 5.74) is 0.755. The average Bonchev–Trinajstić information content (AvgIpc) is 2.48. The molecule has 0 saturated carbocycles. The average molecular weight is 182 g/mol. The molecule has 13 heavy (non-hydrogen) atoms. The molecule has 0 bridgehead atoms. The monoisotopic (exact) mass is 182 g/mol. The highest BCUT2D eigenvalue weighted by atomic mass is 16.5. The molecule has 1 aromatic rings. The Morgan fingerprint density at radius 2 is 2.62 bits per heavy atom. The van der Waals surface area contributed by atoms with E-state index in [9.17, 15) is 4.79 Å². The maximum atomic E-state index is 10.5. The molecule has 5 heteroatoms. The zero-order valence-corrected chi connectivity index (χ0v) is 7.06. The first kappa shape index (κ1) is 8.25. The lowest BCUT2D eigenvalue weighted by Crippen LogP contribution is -2.19. The SMILES string of the molecule is O=C(O)Cc1cnc2n1CCOC2. The molecule has 0 aliphatic carbocycles. The Bertz CT molecular complexity index is 332. The van der Waals surface area contributed by atoms with Crippen molar-refractivity contribution < 1.29 is 14.6 Å². The predicted molar refractivity (Wildman–Crippen MR) is 43.2 cm³/mol. The number of rotatable bonds is 2. The second-order valence-corrected chi connectivity index (χ2v) is 2.94. The fourth-order valence-electron chi connectivity index (χ4n) is 1.46. The van der Waals surface area contributed by atoms with Gasteiger partial charge >= 0.3 is 5.97 Å². The number of nitrogens with zero attached hydrogens (tertiary/aromatic N) is 2. The van der Waals surface area contributed by atoms with Crippen LogP contribution in [0, 0.1) is 0 Å². The summed E-state index contributed by atoms with van der Waals surface area (Å²) in [6.45, 7) is 1.83. The van der Waals surface area contributed by atoms with Crippen molar-refractivity contribution >= 4 is 5.97 Å². The molecule has 1 aliphatic rings. The summed E-state index contributed by atoms with van der Waals surface area (Å²) in [7, 11) is 0. The van der Waals surface area contributed by atoms with Crippen molar-refractivity contribution in [1.29, 1.82) is 0 Å². The van der Waals surface area contributed by atoms with Crippen LogP contribution in [0.15, 0.2) is 6.20 Å². The van der Waals surface area contributed by atoms with Crippen molar-refractivity contribution in [3.63, 3.8) is 0 Å². The summed E-state index contributed by atoms with van der Waals surface area (Å²) < 4.78 is 7.10. The van der Waals surface area contributed by atoms with Gasteiger partial charge in [0.05, 0.1) is 13.0 Å². The first-order chi connectivity index (χ1) is 6.27. The first-order valence-corrected chi connectivity index (χ1v) is 4.10. The molecule has 0 spiro atoms. The molecule has 0 saturated heterocycles. The third-order valence-corrected chi connectivity index (χ3v) is 2.04. The number of aliphatic carboxylic acids is 1. The number of aromatic nitrogens is 2. The summed E-state index contributed by atoms with van der Waals surface area (Å²) in [4.78, 5) is 14.6. The van der Waals surface area contributed by atoms with E-state index >= 15 is 0 Å². The van der Waals surface area contributed by atoms with Crippen LogP contribution in [0.5, 0.6) is 0 Å². The fourth-order valence-corrected chi connectivity index (χ4v) is 1.46. The van der Waals surface area contributed by atoms with Gasteiger partial charge in [-0.1, -0.05) is 0 Å². The number of hydrogen-bond donors (Lipinski definition) is 1. The summed E-state index contributed by atoms with van der Waals surface area (Å²) in [5.74, 6) is -0.00306. The van der Waals surface area contributed by atoms with Crippen molar-refractivity contribution in [2.45, 2.75) is 19.6 Å². The van der Waals surface area contributed by atoms with E-state index in [2.05, 4.69) is 4.98 Å². The minimum Gasteiger partial charge on any atom is -0.481 e. The van der Waals surface area contributed by atoms with E-state index in [1.165, 1.54) is 0 Å². The minimum atomic E-state index is -0.825. The molecular formula is C8H10N2O3. The Balaban J connectivity index is 2.26. The molecule has 2 rings (SSSR count). The van der Waals surface area contributed by atoms with Gasteiger partial charge in [0.2, 0.25) is 0 Å². The molecule has 70 valence electrons. The van der Waals surface area contributed by atoms with Gasteiger partial charge in [-0.2, -0.15) is 0 Å². The zero-order chi connectivity index (χ0) is 9.26. The van der Waals surface area contributed by atoms with Gasteiger partial charge in [0, 0.05) is 18.4 Å². The largest absolute Gasteiger partial charge is 0.481 e. The first-order valence-electron chi connectivity index (χ1n) is 4.10. The van der Waals surface area contributed by atoms with Crippen molar-refractivity contribution in [3.05, 3.63) is 17.7 Å². The van der Waals surface area contributed by atoms with E-state index in [1.807, 2.05) is 4.57 Å². The van der Waals surface area contributed by atoms with Gasteiger partial charge in [-0.3, -0.25) is 4.79 Å². The second-order valence-electron chi connectivity index (χ2n) is 2.94. The van der Waals surface area contributed by atoms with Crippen LogP contribution in [0.3, 0.4) is 0 Å². The van der Waals surface area contributed by atoms with E-state index in [1.54, 1.807) is 6.20 Å². The number of carboxylic acids is 1. The Kier molecular flexibility index (Phi) is 2.02. The standard InChI is InChI=1S/C8H10N2O3/c11-8(12)3-6-4-9-7-5-13-2-1-10(6)7/h4H,1-3,5H2,(H,11,12). The minimum absolute atomic E-state index is 0.0347.